The van der Waals surface area contributed by atoms with Gasteiger partial charge in [-0.05, 0) is 18.6 Å². The lowest BCUT2D eigenvalue weighted by atomic mass is 9.98. The summed E-state index contributed by atoms with van der Waals surface area (Å²) in [6.07, 6.45) is 7.06. The lowest BCUT2D eigenvalue weighted by molar-refractivity contribution is -0.113. The Balaban J connectivity index is 2.65. The average molecular weight is 265 g/mol. The summed E-state index contributed by atoms with van der Waals surface area (Å²) in [5.41, 5.74) is 2.25. The number of fused-ring (bicyclic) bond motifs is 1. The van der Waals surface area contributed by atoms with E-state index < -0.39 is 0 Å². The van der Waals surface area contributed by atoms with Crippen LogP contribution in [0.25, 0.3) is 0 Å². The van der Waals surface area contributed by atoms with Crippen LogP contribution in [0.4, 0.5) is 0 Å². The van der Waals surface area contributed by atoms with Gasteiger partial charge in [0.1, 0.15) is 0 Å². The highest BCUT2D eigenvalue weighted by Crippen LogP contribution is 2.35. The maximum Gasteiger partial charge on any atom is 0.187 e. The predicted molar refractivity (Wildman–Crippen MR) is 61.6 cm³/mol. The van der Waals surface area contributed by atoms with Gasteiger partial charge in [0.05, 0.1) is 0 Å². The van der Waals surface area contributed by atoms with Crippen LogP contribution in [0.15, 0.2) is 45.5 Å². The van der Waals surface area contributed by atoms with Crippen molar-refractivity contribution in [1.82, 2.24) is 0 Å². The second-order valence-corrected chi connectivity index (χ2v) is 4.40. The zero-order valence-electron chi connectivity index (χ0n) is 8.21. The van der Waals surface area contributed by atoms with Gasteiger partial charge in [-0.2, -0.15) is 0 Å². The second kappa shape index (κ2) is 3.74. The normalized spacial score (nSPS) is 31.3. The van der Waals surface area contributed by atoms with E-state index in [2.05, 4.69) is 15.9 Å². The molecule has 0 saturated carbocycles. The Morgan fingerprint density at radius 2 is 2.00 bits per heavy atom. The molecule has 3 heteroatoms. The molecule has 2 aliphatic carbocycles. The lowest BCUT2D eigenvalue weighted by Crippen LogP contribution is -2.02. The van der Waals surface area contributed by atoms with Gasteiger partial charge >= 0.3 is 0 Å². The van der Waals surface area contributed by atoms with Crippen LogP contribution in [0.2, 0.25) is 0 Å². The van der Waals surface area contributed by atoms with E-state index in [4.69, 9.17) is 0 Å². The van der Waals surface area contributed by atoms with Gasteiger partial charge < -0.3 is 0 Å². The van der Waals surface area contributed by atoms with Crippen molar-refractivity contribution in [3.63, 3.8) is 0 Å². The summed E-state index contributed by atoms with van der Waals surface area (Å²) in [5, 5.41) is 0. The number of carbonyl (C=O) groups excluding carboxylic acids is 2. The van der Waals surface area contributed by atoms with Crippen LogP contribution in [0.5, 0.6) is 0 Å². The monoisotopic (exact) mass is 264 g/mol. The first-order chi connectivity index (χ1) is 7.09. The van der Waals surface area contributed by atoms with Gasteiger partial charge in [0.15, 0.2) is 11.6 Å². The molecule has 0 radical (unpaired) electrons. The van der Waals surface area contributed by atoms with E-state index in [0.717, 1.165) is 5.57 Å². The minimum absolute atomic E-state index is 0.0197. The molecule has 0 amide bonds. The second-order valence-electron chi connectivity index (χ2n) is 3.55. The maximum atomic E-state index is 11.7. The Hall–Kier alpha value is -1.22. The summed E-state index contributed by atoms with van der Waals surface area (Å²) in [5.74, 6) is -0.0173. The molecule has 0 N–H and O–H groups in total. The van der Waals surface area contributed by atoms with Crippen molar-refractivity contribution in [3.05, 3.63) is 45.5 Å². The van der Waals surface area contributed by atoms with Gasteiger partial charge in [0.25, 0.3) is 0 Å². The van der Waals surface area contributed by atoms with Crippen LogP contribution in [0.1, 0.15) is 13.3 Å². The van der Waals surface area contributed by atoms with Crippen LogP contribution in [0.3, 0.4) is 0 Å². The minimum Gasteiger partial charge on any atom is -0.294 e. The first-order valence-corrected chi connectivity index (χ1v) is 5.43. The Morgan fingerprint density at radius 1 is 1.27 bits per heavy atom. The van der Waals surface area contributed by atoms with Gasteiger partial charge in [-0.25, -0.2) is 0 Å². The van der Waals surface area contributed by atoms with E-state index in [0.29, 0.717) is 22.0 Å². The molecule has 0 atom stereocenters. The van der Waals surface area contributed by atoms with Gasteiger partial charge in [0.2, 0.25) is 0 Å². The molecule has 15 heavy (non-hydrogen) atoms. The summed E-state index contributed by atoms with van der Waals surface area (Å²) in [6, 6.07) is 0. The van der Waals surface area contributed by atoms with Crippen molar-refractivity contribution in [3.8, 4) is 0 Å². The fourth-order valence-corrected chi connectivity index (χ4v) is 2.24. The van der Waals surface area contributed by atoms with Crippen LogP contribution in [0, 0.1) is 0 Å². The van der Waals surface area contributed by atoms with E-state index in [-0.39, 0.29) is 11.6 Å². The topological polar surface area (TPSA) is 34.1 Å². The molecule has 2 aliphatic rings. The number of hydrogen-bond donors (Lipinski definition) is 0. The number of halogens is 1. The Labute approximate surface area is 96.2 Å². The Bertz CT molecular complexity index is 476. The van der Waals surface area contributed by atoms with Gasteiger partial charge in [-0.1, -0.05) is 28.1 Å². The van der Waals surface area contributed by atoms with Gasteiger partial charge in [-0.15, -0.1) is 0 Å². The molecule has 2 rings (SSSR count). The zero-order chi connectivity index (χ0) is 11.0. The van der Waals surface area contributed by atoms with Crippen LogP contribution in [-0.4, -0.2) is 11.6 Å². The molecular formula is C12H9BrO2. The molecule has 0 bridgehead atoms. The van der Waals surface area contributed by atoms with Crippen molar-refractivity contribution >= 4 is 27.5 Å². The SMILES string of the molecule is CC1=C2\C(=O)C=C(Br)\C2=C\C(=O)C/C=C\1. The highest BCUT2D eigenvalue weighted by Gasteiger charge is 2.25. The van der Waals surface area contributed by atoms with Crippen molar-refractivity contribution < 1.29 is 9.59 Å². The molecule has 0 heterocycles. The fraction of sp³-hybridized carbons (Fsp3) is 0.167. The Morgan fingerprint density at radius 3 is 2.73 bits per heavy atom. The molecule has 0 unspecified atom stereocenters. The minimum atomic E-state index is -0.0371. The summed E-state index contributed by atoms with van der Waals surface area (Å²) >= 11 is 3.30. The summed E-state index contributed by atoms with van der Waals surface area (Å²) in [6.45, 7) is 1.88. The molecular weight excluding hydrogens is 256 g/mol. The first kappa shape index (κ1) is 10.3. The predicted octanol–water partition coefficient (Wildman–Crippen LogP) is 2.62. The third kappa shape index (κ3) is 1.79. The molecule has 0 aromatic heterocycles. The average Bonchev–Trinajstić information content (AvgIpc) is 2.39. The summed E-state index contributed by atoms with van der Waals surface area (Å²) in [4.78, 5) is 23.1. The number of carbonyl (C=O) groups is 2. The molecule has 0 saturated heterocycles. The largest absolute Gasteiger partial charge is 0.294 e. The molecule has 0 spiro atoms. The van der Waals surface area contributed by atoms with Gasteiger partial charge in [-0.3, -0.25) is 9.59 Å². The smallest absolute Gasteiger partial charge is 0.187 e. The fourth-order valence-electron chi connectivity index (χ4n) is 1.72. The number of ketones is 2. The summed E-state index contributed by atoms with van der Waals surface area (Å²) in [7, 11) is 0. The van der Waals surface area contributed by atoms with Crippen molar-refractivity contribution in [2.45, 2.75) is 13.3 Å². The number of allylic oxidation sites excluding steroid dienone is 8. The molecule has 0 aliphatic heterocycles. The van der Waals surface area contributed by atoms with Crippen molar-refractivity contribution in [2.75, 3.05) is 0 Å². The zero-order valence-corrected chi connectivity index (χ0v) is 9.80. The van der Waals surface area contributed by atoms with Crippen LogP contribution in [-0.2, 0) is 9.59 Å². The van der Waals surface area contributed by atoms with Gasteiger partial charge in [0, 0.05) is 28.1 Å². The quantitative estimate of drug-likeness (QED) is 0.674. The molecule has 76 valence electrons. The van der Waals surface area contributed by atoms with Crippen molar-refractivity contribution in [1.29, 1.82) is 0 Å². The highest BCUT2D eigenvalue weighted by molar-refractivity contribution is 9.12. The maximum absolute atomic E-state index is 11.7. The molecule has 0 aromatic rings. The van der Waals surface area contributed by atoms with E-state index in [9.17, 15) is 9.59 Å². The van der Waals surface area contributed by atoms with E-state index >= 15 is 0 Å². The van der Waals surface area contributed by atoms with Crippen LogP contribution < -0.4 is 0 Å². The molecule has 2 nitrogen and oxygen atoms in total. The standard InChI is InChI=1S/C12H9BrO2/c1-7-3-2-4-8(14)5-9-10(13)6-11(15)12(7)9/h2-3,5-6H,4H2,1H3/b3-2-,9-5-,12-7+. The summed E-state index contributed by atoms with van der Waals surface area (Å²) < 4.78 is 0.700. The van der Waals surface area contributed by atoms with Crippen LogP contribution >= 0.6 is 15.9 Å². The van der Waals surface area contributed by atoms with E-state index in [1.165, 1.54) is 12.2 Å². The lowest BCUT2D eigenvalue weighted by Gasteiger charge is -2.06. The van der Waals surface area contributed by atoms with E-state index in [1.54, 1.807) is 6.08 Å². The third-order valence-electron chi connectivity index (χ3n) is 2.42. The van der Waals surface area contributed by atoms with E-state index in [1.807, 2.05) is 13.0 Å². The Kier molecular flexibility index (Phi) is 2.57. The third-order valence-corrected chi connectivity index (χ3v) is 3.07. The number of hydrogen-bond acceptors (Lipinski definition) is 2. The highest BCUT2D eigenvalue weighted by atomic mass is 79.9. The molecule has 0 fully saturated rings. The number of rotatable bonds is 0. The first-order valence-electron chi connectivity index (χ1n) is 4.64. The molecule has 0 aromatic carbocycles. The van der Waals surface area contributed by atoms with Crippen molar-refractivity contribution in [2.24, 2.45) is 0 Å².